The van der Waals surface area contributed by atoms with Crippen LogP contribution in [0.4, 0.5) is 0 Å². The molecule has 0 bridgehead atoms. The molecule has 1 saturated carbocycles. The highest BCUT2D eigenvalue weighted by molar-refractivity contribution is 6.08. The SMILES string of the molecule is CC(C)C[C@H](C(=O)NC1CCCC1)N1C(=O)[C@H]2CC=CC[C@@H]2C1=O. The smallest absolute Gasteiger partial charge is 0.243 e. The summed E-state index contributed by atoms with van der Waals surface area (Å²) < 4.78 is 0. The molecular weight excluding hydrogens is 304 g/mol. The Morgan fingerprint density at radius 1 is 1.12 bits per heavy atom. The van der Waals surface area contributed by atoms with Crippen molar-refractivity contribution in [2.75, 3.05) is 0 Å². The van der Waals surface area contributed by atoms with Gasteiger partial charge in [0, 0.05) is 6.04 Å². The second-order valence-electron chi connectivity index (χ2n) is 7.84. The summed E-state index contributed by atoms with van der Waals surface area (Å²) in [5, 5.41) is 3.08. The van der Waals surface area contributed by atoms with E-state index < -0.39 is 6.04 Å². The fraction of sp³-hybridized carbons (Fsp3) is 0.737. The number of rotatable bonds is 5. The van der Waals surface area contributed by atoms with Crippen molar-refractivity contribution >= 4 is 17.7 Å². The summed E-state index contributed by atoms with van der Waals surface area (Å²) in [6.45, 7) is 4.05. The predicted octanol–water partition coefficient (Wildman–Crippen LogP) is 2.41. The first kappa shape index (κ1) is 17.2. The van der Waals surface area contributed by atoms with E-state index in [1.54, 1.807) is 0 Å². The van der Waals surface area contributed by atoms with E-state index in [9.17, 15) is 14.4 Å². The third-order valence-electron chi connectivity index (χ3n) is 5.55. The van der Waals surface area contributed by atoms with Crippen molar-refractivity contribution in [2.45, 2.75) is 70.9 Å². The van der Waals surface area contributed by atoms with E-state index in [0.29, 0.717) is 19.3 Å². The Morgan fingerprint density at radius 2 is 1.67 bits per heavy atom. The maximum atomic E-state index is 12.8. The Labute approximate surface area is 143 Å². The van der Waals surface area contributed by atoms with E-state index in [2.05, 4.69) is 5.32 Å². The highest BCUT2D eigenvalue weighted by Crippen LogP contribution is 2.37. The molecule has 3 atom stereocenters. The molecule has 132 valence electrons. The third-order valence-corrected chi connectivity index (χ3v) is 5.55. The minimum absolute atomic E-state index is 0.149. The third kappa shape index (κ3) is 3.26. The van der Waals surface area contributed by atoms with Crippen molar-refractivity contribution in [3.8, 4) is 0 Å². The quantitative estimate of drug-likeness (QED) is 0.621. The number of allylic oxidation sites excluding steroid dienone is 2. The molecule has 3 amide bonds. The monoisotopic (exact) mass is 332 g/mol. The van der Waals surface area contributed by atoms with Crippen molar-refractivity contribution in [2.24, 2.45) is 17.8 Å². The fourth-order valence-electron chi connectivity index (χ4n) is 4.28. The van der Waals surface area contributed by atoms with Gasteiger partial charge in [0.05, 0.1) is 11.8 Å². The first-order chi connectivity index (χ1) is 11.5. The van der Waals surface area contributed by atoms with Gasteiger partial charge in [0.25, 0.3) is 0 Å². The van der Waals surface area contributed by atoms with Gasteiger partial charge in [-0.05, 0) is 38.0 Å². The highest BCUT2D eigenvalue weighted by Gasteiger charge is 2.51. The average molecular weight is 332 g/mol. The van der Waals surface area contributed by atoms with Gasteiger partial charge in [-0.1, -0.05) is 38.8 Å². The maximum Gasteiger partial charge on any atom is 0.243 e. The first-order valence-electron chi connectivity index (χ1n) is 9.31. The van der Waals surface area contributed by atoms with Crippen LogP contribution in [0.2, 0.25) is 0 Å². The van der Waals surface area contributed by atoms with Crippen molar-refractivity contribution in [3.05, 3.63) is 12.2 Å². The number of fused-ring (bicyclic) bond motifs is 1. The van der Waals surface area contributed by atoms with Gasteiger partial charge in [-0.15, -0.1) is 0 Å². The van der Waals surface area contributed by atoms with Crippen molar-refractivity contribution in [3.63, 3.8) is 0 Å². The van der Waals surface area contributed by atoms with Gasteiger partial charge in [-0.3, -0.25) is 19.3 Å². The summed E-state index contributed by atoms with van der Waals surface area (Å²) in [5.74, 6) is -0.745. The normalized spacial score (nSPS) is 28.5. The number of nitrogens with one attached hydrogen (secondary N) is 1. The molecule has 5 nitrogen and oxygen atoms in total. The summed E-state index contributed by atoms with van der Waals surface area (Å²) in [5.41, 5.74) is 0. The standard InChI is InChI=1S/C19H28N2O3/c1-12(2)11-16(17(22)20-13-7-3-4-8-13)21-18(23)14-9-5-6-10-15(14)19(21)24/h5-6,12-16H,3-4,7-11H2,1-2H3,(H,20,22)/t14-,15-,16+/m0/s1. The molecular formula is C19H28N2O3. The number of likely N-dealkylation sites (tertiary alicyclic amines) is 1. The first-order valence-corrected chi connectivity index (χ1v) is 9.31. The molecule has 1 N–H and O–H groups in total. The minimum atomic E-state index is -0.656. The number of carbonyl (C=O) groups excluding carboxylic acids is 3. The van der Waals surface area contributed by atoms with Crippen molar-refractivity contribution < 1.29 is 14.4 Å². The summed E-state index contributed by atoms with van der Waals surface area (Å²) in [4.78, 5) is 39.8. The number of hydrogen-bond acceptors (Lipinski definition) is 3. The zero-order chi connectivity index (χ0) is 17.3. The van der Waals surface area contributed by atoms with Crippen molar-refractivity contribution in [1.29, 1.82) is 0 Å². The minimum Gasteiger partial charge on any atom is -0.352 e. The predicted molar refractivity (Wildman–Crippen MR) is 90.8 cm³/mol. The van der Waals surface area contributed by atoms with E-state index in [-0.39, 0.29) is 41.5 Å². The second-order valence-corrected chi connectivity index (χ2v) is 7.84. The molecule has 24 heavy (non-hydrogen) atoms. The van der Waals surface area contributed by atoms with E-state index >= 15 is 0 Å². The Hall–Kier alpha value is -1.65. The summed E-state index contributed by atoms with van der Waals surface area (Å²) >= 11 is 0. The number of carbonyl (C=O) groups is 3. The molecule has 1 saturated heterocycles. The van der Waals surface area contributed by atoms with Crippen LogP contribution in [-0.2, 0) is 14.4 Å². The van der Waals surface area contributed by atoms with Gasteiger partial charge in [0.15, 0.2) is 0 Å². The van der Waals surface area contributed by atoms with Crippen LogP contribution < -0.4 is 5.32 Å². The molecule has 3 rings (SSSR count). The lowest BCUT2D eigenvalue weighted by atomic mass is 9.85. The summed E-state index contributed by atoms with van der Waals surface area (Å²) in [6.07, 6.45) is 9.98. The van der Waals surface area contributed by atoms with Crippen LogP contribution in [0.1, 0.15) is 58.8 Å². The lowest BCUT2D eigenvalue weighted by Crippen LogP contribution is -2.52. The average Bonchev–Trinajstić information content (AvgIpc) is 3.14. The number of imide groups is 1. The molecule has 0 aromatic carbocycles. The Morgan fingerprint density at radius 3 is 2.17 bits per heavy atom. The molecule has 3 aliphatic rings. The van der Waals surface area contributed by atoms with Crippen LogP contribution in [0.15, 0.2) is 12.2 Å². The van der Waals surface area contributed by atoms with Crippen LogP contribution in [0.5, 0.6) is 0 Å². The molecule has 0 radical (unpaired) electrons. The van der Waals surface area contributed by atoms with Gasteiger partial charge in [-0.25, -0.2) is 0 Å². The largest absolute Gasteiger partial charge is 0.352 e. The molecule has 1 aliphatic heterocycles. The zero-order valence-electron chi connectivity index (χ0n) is 14.7. The lowest BCUT2D eigenvalue weighted by molar-refractivity contribution is -0.148. The van der Waals surface area contributed by atoms with Gasteiger partial charge in [0.2, 0.25) is 17.7 Å². The topological polar surface area (TPSA) is 66.5 Å². The van der Waals surface area contributed by atoms with E-state index in [0.717, 1.165) is 25.7 Å². The van der Waals surface area contributed by atoms with Gasteiger partial charge in [-0.2, -0.15) is 0 Å². The van der Waals surface area contributed by atoms with Crippen LogP contribution in [0.3, 0.4) is 0 Å². The number of hydrogen-bond donors (Lipinski definition) is 1. The van der Waals surface area contributed by atoms with Crippen LogP contribution in [-0.4, -0.2) is 34.7 Å². The summed E-state index contributed by atoms with van der Waals surface area (Å²) in [7, 11) is 0. The second kappa shape index (κ2) is 7.08. The van der Waals surface area contributed by atoms with Gasteiger partial charge < -0.3 is 5.32 Å². The van der Waals surface area contributed by atoms with Crippen LogP contribution >= 0.6 is 0 Å². The Balaban J connectivity index is 1.78. The van der Waals surface area contributed by atoms with Crippen molar-refractivity contribution in [1.82, 2.24) is 10.2 Å². The van der Waals surface area contributed by atoms with Gasteiger partial charge >= 0.3 is 0 Å². The molecule has 2 aliphatic carbocycles. The molecule has 0 spiro atoms. The highest BCUT2D eigenvalue weighted by atomic mass is 16.2. The number of amides is 3. The number of nitrogens with zero attached hydrogens (tertiary/aromatic N) is 1. The van der Waals surface area contributed by atoms with E-state index in [1.165, 1.54) is 4.90 Å². The lowest BCUT2D eigenvalue weighted by Gasteiger charge is -2.28. The molecule has 0 unspecified atom stereocenters. The fourth-order valence-corrected chi connectivity index (χ4v) is 4.28. The maximum absolute atomic E-state index is 12.8. The molecule has 0 aromatic heterocycles. The van der Waals surface area contributed by atoms with Crippen LogP contribution in [0, 0.1) is 17.8 Å². The van der Waals surface area contributed by atoms with Crippen LogP contribution in [0.25, 0.3) is 0 Å². The van der Waals surface area contributed by atoms with E-state index in [1.807, 2.05) is 26.0 Å². The Kier molecular flexibility index (Phi) is 5.07. The molecule has 1 heterocycles. The zero-order valence-corrected chi connectivity index (χ0v) is 14.7. The van der Waals surface area contributed by atoms with Gasteiger partial charge in [0.1, 0.15) is 6.04 Å². The molecule has 0 aromatic rings. The van der Waals surface area contributed by atoms with E-state index in [4.69, 9.17) is 0 Å². The summed E-state index contributed by atoms with van der Waals surface area (Å²) in [6, 6.07) is -0.458. The molecule has 2 fully saturated rings. The molecule has 5 heteroatoms. The Bertz CT molecular complexity index is 523.